The first-order chi connectivity index (χ1) is 9.14. The largest absolute Gasteiger partial charge is 0.395 e. The Hall–Kier alpha value is -0.610. The molecule has 0 aromatic heterocycles. The predicted octanol–water partition coefficient (Wildman–Crippen LogP) is 1.78. The quantitative estimate of drug-likeness (QED) is 0.661. The third-order valence-electron chi connectivity index (χ3n) is 4.05. The molecule has 1 amide bonds. The molecule has 1 fully saturated rings. The van der Waals surface area contributed by atoms with Gasteiger partial charge in [0.1, 0.15) is 0 Å². The summed E-state index contributed by atoms with van der Waals surface area (Å²) >= 11 is 0. The monoisotopic (exact) mass is 270 g/mol. The first-order valence-electron chi connectivity index (χ1n) is 7.75. The minimum atomic E-state index is -0.280. The van der Waals surface area contributed by atoms with Crippen molar-refractivity contribution in [2.24, 2.45) is 5.41 Å². The van der Waals surface area contributed by atoms with Crippen LogP contribution in [0.25, 0.3) is 0 Å². The number of aliphatic hydroxyl groups excluding tert-OH is 1. The Balaban J connectivity index is 2.50. The van der Waals surface area contributed by atoms with E-state index in [9.17, 15) is 4.79 Å². The highest BCUT2D eigenvalue weighted by Crippen LogP contribution is 2.28. The molecule has 1 saturated heterocycles. The average Bonchev–Trinajstić information content (AvgIpc) is 2.42. The lowest BCUT2D eigenvalue weighted by Gasteiger charge is -2.37. The van der Waals surface area contributed by atoms with Gasteiger partial charge in [-0.1, -0.05) is 26.2 Å². The van der Waals surface area contributed by atoms with Gasteiger partial charge < -0.3 is 15.3 Å². The standard InChI is InChI=1S/C15H30N2O2/c1-3-4-5-6-10-17(11-12-18)14(19)15(2)8-7-9-16-13-15/h16,18H,3-13H2,1-2H3. The van der Waals surface area contributed by atoms with E-state index in [2.05, 4.69) is 19.2 Å². The third kappa shape index (κ3) is 5.11. The Labute approximate surface area is 117 Å². The maximum Gasteiger partial charge on any atom is 0.229 e. The van der Waals surface area contributed by atoms with Crippen molar-refractivity contribution in [1.82, 2.24) is 10.2 Å². The van der Waals surface area contributed by atoms with Crippen LogP contribution in [0.5, 0.6) is 0 Å². The molecule has 1 aliphatic heterocycles. The minimum absolute atomic E-state index is 0.0586. The summed E-state index contributed by atoms with van der Waals surface area (Å²) in [5.74, 6) is 0.213. The van der Waals surface area contributed by atoms with Crippen molar-refractivity contribution in [2.45, 2.75) is 52.4 Å². The van der Waals surface area contributed by atoms with Gasteiger partial charge in [0.15, 0.2) is 0 Å². The first-order valence-corrected chi connectivity index (χ1v) is 7.75. The normalized spacial score (nSPS) is 23.3. The molecule has 2 N–H and O–H groups in total. The molecule has 0 bridgehead atoms. The lowest BCUT2D eigenvalue weighted by atomic mass is 9.81. The van der Waals surface area contributed by atoms with Crippen molar-refractivity contribution >= 4 is 5.91 Å². The summed E-state index contributed by atoms with van der Waals surface area (Å²) in [4.78, 5) is 14.5. The maximum atomic E-state index is 12.6. The van der Waals surface area contributed by atoms with Gasteiger partial charge in [-0.15, -0.1) is 0 Å². The molecule has 1 atom stereocenters. The van der Waals surface area contributed by atoms with Crippen LogP contribution >= 0.6 is 0 Å². The Kier molecular flexibility index (Phi) is 7.39. The van der Waals surface area contributed by atoms with Crippen molar-refractivity contribution < 1.29 is 9.90 Å². The van der Waals surface area contributed by atoms with E-state index in [1.54, 1.807) is 0 Å². The molecular formula is C15H30N2O2. The number of carbonyl (C=O) groups is 1. The van der Waals surface area contributed by atoms with Gasteiger partial charge in [-0.3, -0.25) is 4.79 Å². The van der Waals surface area contributed by atoms with E-state index < -0.39 is 0 Å². The molecule has 4 nitrogen and oxygen atoms in total. The van der Waals surface area contributed by atoms with E-state index in [-0.39, 0.29) is 17.9 Å². The van der Waals surface area contributed by atoms with Crippen LogP contribution in [0.2, 0.25) is 0 Å². The molecular weight excluding hydrogens is 240 g/mol. The molecule has 1 unspecified atom stereocenters. The number of nitrogens with one attached hydrogen (secondary N) is 1. The van der Waals surface area contributed by atoms with E-state index in [1.165, 1.54) is 19.3 Å². The van der Waals surface area contributed by atoms with Crippen LogP contribution in [-0.2, 0) is 4.79 Å². The topological polar surface area (TPSA) is 52.6 Å². The Morgan fingerprint density at radius 1 is 1.32 bits per heavy atom. The second kappa shape index (κ2) is 8.54. The van der Waals surface area contributed by atoms with Gasteiger partial charge in [0.05, 0.1) is 12.0 Å². The zero-order valence-electron chi connectivity index (χ0n) is 12.6. The second-order valence-electron chi connectivity index (χ2n) is 5.92. The van der Waals surface area contributed by atoms with Crippen LogP contribution in [0.15, 0.2) is 0 Å². The summed E-state index contributed by atoms with van der Waals surface area (Å²) < 4.78 is 0. The Morgan fingerprint density at radius 2 is 2.11 bits per heavy atom. The van der Waals surface area contributed by atoms with Gasteiger partial charge in [0.25, 0.3) is 0 Å². The number of carbonyl (C=O) groups excluding carboxylic acids is 1. The van der Waals surface area contributed by atoms with Crippen LogP contribution in [0, 0.1) is 5.41 Å². The van der Waals surface area contributed by atoms with Gasteiger partial charge in [-0.05, 0) is 32.7 Å². The smallest absolute Gasteiger partial charge is 0.229 e. The van der Waals surface area contributed by atoms with E-state index in [1.807, 2.05) is 4.90 Å². The molecule has 0 spiro atoms. The highest BCUT2D eigenvalue weighted by molar-refractivity contribution is 5.82. The number of hydrogen-bond donors (Lipinski definition) is 2. The molecule has 0 aromatic rings. The van der Waals surface area contributed by atoms with Gasteiger partial charge in [0, 0.05) is 19.6 Å². The van der Waals surface area contributed by atoms with Crippen molar-refractivity contribution in [3.05, 3.63) is 0 Å². The van der Waals surface area contributed by atoms with Crippen LogP contribution in [0.1, 0.15) is 52.4 Å². The molecule has 1 aliphatic rings. The molecule has 1 rings (SSSR count). The lowest BCUT2D eigenvalue weighted by molar-refractivity contribution is -0.142. The van der Waals surface area contributed by atoms with Gasteiger partial charge >= 0.3 is 0 Å². The average molecular weight is 270 g/mol. The number of rotatable bonds is 8. The highest BCUT2D eigenvalue weighted by Gasteiger charge is 2.37. The molecule has 4 heteroatoms. The number of amides is 1. The fourth-order valence-corrected chi connectivity index (χ4v) is 2.79. The van der Waals surface area contributed by atoms with Gasteiger partial charge in [-0.25, -0.2) is 0 Å². The summed E-state index contributed by atoms with van der Waals surface area (Å²) in [6, 6.07) is 0. The van der Waals surface area contributed by atoms with Crippen LogP contribution in [-0.4, -0.2) is 48.7 Å². The van der Waals surface area contributed by atoms with E-state index in [0.717, 1.165) is 38.9 Å². The minimum Gasteiger partial charge on any atom is -0.395 e. The zero-order chi connectivity index (χ0) is 14.1. The molecule has 0 aliphatic carbocycles. The van der Waals surface area contributed by atoms with Crippen molar-refractivity contribution in [3.63, 3.8) is 0 Å². The Bertz CT molecular complexity index is 263. The number of hydrogen-bond acceptors (Lipinski definition) is 3. The molecule has 112 valence electrons. The molecule has 0 radical (unpaired) electrons. The first kappa shape index (κ1) is 16.4. The summed E-state index contributed by atoms with van der Waals surface area (Å²) in [6.07, 6.45) is 6.65. The highest BCUT2D eigenvalue weighted by atomic mass is 16.3. The lowest BCUT2D eigenvalue weighted by Crippen LogP contribution is -2.51. The predicted molar refractivity (Wildman–Crippen MR) is 78.0 cm³/mol. The summed E-state index contributed by atoms with van der Waals surface area (Å²) in [5.41, 5.74) is -0.280. The zero-order valence-corrected chi connectivity index (χ0v) is 12.6. The summed E-state index contributed by atoms with van der Waals surface area (Å²) in [5, 5.41) is 12.5. The fourth-order valence-electron chi connectivity index (χ4n) is 2.79. The molecule has 19 heavy (non-hydrogen) atoms. The van der Waals surface area contributed by atoms with E-state index in [0.29, 0.717) is 6.54 Å². The van der Waals surface area contributed by atoms with Crippen molar-refractivity contribution in [2.75, 3.05) is 32.8 Å². The number of nitrogens with zero attached hydrogens (tertiary/aromatic N) is 1. The number of piperidine rings is 1. The van der Waals surface area contributed by atoms with Gasteiger partial charge in [-0.2, -0.15) is 0 Å². The van der Waals surface area contributed by atoms with Crippen LogP contribution in [0.4, 0.5) is 0 Å². The van der Waals surface area contributed by atoms with Crippen molar-refractivity contribution in [1.29, 1.82) is 0 Å². The van der Waals surface area contributed by atoms with Crippen molar-refractivity contribution in [3.8, 4) is 0 Å². The second-order valence-corrected chi connectivity index (χ2v) is 5.92. The van der Waals surface area contributed by atoms with E-state index >= 15 is 0 Å². The number of unbranched alkanes of at least 4 members (excludes halogenated alkanes) is 3. The fraction of sp³-hybridized carbons (Fsp3) is 0.933. The molecule has 0 saturated carbocycles. The van der Waals surface area contributed by atoms with Crippen LogP contribution in [0.3, 0.4) is 0 Å². The Morgan fingerprint density at radius 3 is 2.68 bits per heavy atom. The molecule has 0 aromatic carbocycles. The SMILES string of the molecule is CCCCCCN(CCO)C(=O)C1(C)CCCNC1. The van der Waals surface area contributed by atoms with E-state index in [4.69, 9.17) is 5.11 Å². The van der Waals surface area contributed by atoms with Crippen LogP contribution < -0.4 is 5.32 Å². The molecule has 1 heterocycles. The maximum absolute atomic E-state index is 12.6. The summed E-state index contributed by atoms with van der Waals surface area (Å²) in [7, 11) is 0. The van der Waals surface area contributed by atoms with Gasteiger partial charge in [0.2, 0.25) is 5.91 Å². The summed E-state index contributed by atoms with van der Waals surface area (Å²) in [6.45, 7) is 7.34. The number of aliphatic hydroxyl groups is 1. The third-order valence-corrected chi connectivity index (χ3v) is 4.05.